The second-order valence-corrected chi connectivity index (χ2v) is 9.17. The molecule has 4 rings (SSSR count). The Morgan fingerprint density at radius 3 is 2.62 bits per heavy atom. The maximum absolute atomic E-state index is 12.7. The Bertz CT molecular complexity index is 1020. The van der Waals surface area contributed by atoms with Crippen molar-refractivity contribution in [1.29, 1.82) is 0 Å². The van der Waals surface area contributed by atoms with Gasteiger partial charge in [-0.1, -0.05) is 18.2 Å². The first kappa shape index (κ1) is 20.4. The van der Waals surface area contributed by atoms with Gasteiger partial charge in [-0.25, -0.2) is 4.98 Å². The van der Waals surface area contributed by atoms with E-state index in [9.17, 15) is 18.4 Å². The Balaban J connectivity index is 1.46. The van der Waals surface area contributed by atoms with E-state index >= 15 is 0 Å². The summed E-state index contributed by atoms with van der Waals surface area (Å²) in [6, 6.07) is 11.4. The zero-order chi connectivity index (χ0) is 20.6. The van der Waals surface area contributed by atoms with E-state index in [2.05, 4.69) is 17.1 Å². The number of nitrogens with one attached hydrogen (secondary N) is 1. The van der Waals surface area contributed by atoms with Gasteiger partial charge in [-0.2, -0.15) is 13.2 Å². The molecule has 0 spiro atoms. The molecule has 29 heavy (non-hydrogen) atoms. The number of aromatic nitrogens is 1. The summed E-state index contributed by atoms with van der Waals surface area (Å²) in [4.78, 5) is 6.81. The topological polar surface area (TPSA) is 40.4 Å². The van der Waals surface area contributed by atoms with Crippen LogP contribution in [0.2, 0.25) is 0 Å². The third-order valence-electron chi connectivity index (χ3n) is 4.96. The van der Waals surface area contributed by atoms with Gasteiger partial charge in [0.2, 0.25) is 0 Å². The van der Waals surface area contributed by atoms with Crippen molar-refractivity contribution in [2.75, 3.05) is 6.54 Å². The molecule has 0 saturated heterocycles. The van der Waals surface area contributed by atoms with Gasteiger partial charge in [-0.3, -0.25) is 0 Å². The summed E-state index contributed by atoms with van der Waals surface area (Å²) in [5.74, 6) is 0.752. The molecule has 0 amide bonds. The Morgan fingerprint density at radius 2 is 1.90 bits per heavy atom. The predicted octanol–water partition coefficient (Wildman–Crippen LogP) is 4.87. The summed E-state index contributed by atoms with van der Waals surface area (Å²) in [5.41, 5.74) is 3.33. The lowest BCUT2D eigenvalue weighted by Crippen LogP contribution is -3.06. The lowest BCUT2D eigenvalue weighted by Gasteiger charge is -2.28. The molecule has 2 aromatic carbocycles. The molecule has 3 aromatic rings. The molecule has 1 aliphatic rings. The fourth-order valence-electron chi connectivity index (χ4n) is 3.31. The fourth-order valence-corrected chi connectivity index (χ4v) is 5.48. The number of nitrogens with zero attached hydrogens (tertiary/aromatic N) is 1. The molecule has 3 nitrogen and oxygen atoms in total. The van der Waals surface area contributed by atoms with Gasteiger partial charge in [0.25, 0.3) is 0 Å². The number of hydroxylamine groups is 2. The monoisotopic (exact) mass is 436 g/mol. The highest BCUT2D eigenvalue weighted by atomic mass is 32.2. The average molecular weight is 437 g/mol. The first-order valence-corrected chi connectivity index (χ1v) is 11.0. The maximum Gasteiger partial charge on any atom is 0.416 e. The number of benzene rings is 2. The number of halogens is 3. The second-order valence-electron chi connectivity index (χ2n) is 7.04. The van der Waals surface area contributed by atoms with Gasteiger partial charge >= 0.3 is 6.18 Å². The predicted molar refractivity (Wildman–Crippen MR) is 110 cm³/mol. The normalized spacial score (nSPS) is 16.7. The number of rotatable bonds is 4. The largest absolute Gasteiger partial charge is 0.634 e. The van der Waals surface area contributed by atoms with Gasteiger partial charge in [-0.15, -0.1) is 23.1 Å². The number of hydrogen-bond donors (Lipinski definition) is 1. The summed E-state index contributed by atoms with van der Waals surface area (Å²) in [5, 5.41) is 12.6. The first-order chi connectivity index (χ1) is 13.8. The van der Waals surface area contributed by atoms with E-state index in [-0.39, 0.29) is 0 Å². The molecule has 0 radical (unpaired) electrons. The zero-order valence-corrected chi connectivity index (χ0v) is 17.3. The minimum atomic E-state index is -4.33. The van der Waals surface area contributed by atoms with Crippen LogP contribution in [0.5, 0.6) is 0 Å². The molecule has 1 aromatic heterocycles. The van der Waals surface area contributed by atoms with Gasteiger partial charge in [0.1, 0.15) is 11.6 Å². The van der Waals surface area contributed by atoms with E-state index in [0.29, 0.717) is 23.7 Å². The van der Waals surface area contributed by atoms with Crippen LogP contribution in [0, 0.1) is 12.1 Å². The molecule has 152 valence electrons. The Kier molecular flexibility index (Phi) is 5.70. The zero-order valence-electron chi connectivity index (χ0n) is 15.7. The van der Waals surface area contributed by atoms with Crippen molar-refractivity contribution in [1.82, 2.24) is 4.98 Å². The average Bonchev–Trinajstić information content (AvgIpc) is 3.06. The van der Waals surface area contributed by atoms with E-state index in [1.54, 1.807) is 11.8 Å². The van der Waals surface area contributed by atoms with Gasteiger partial charge < -0.3 is 10.3 Å². The van der Waals surface area contributed by atoms with E-state index in [1.165, 1.54) is 29.0 Å². The summed E-state index contributed by atoms with van der Waals surface area (Å²) >= 11 is 3.23. The Morgan fingerprint density at radius 1 is 1.14 bits per heavy atom. The van der Waals surface area contributed by atoms with Crippen LogP contribution in [0.25, 0.3) is 10.6 Å². The number of quaternary nitrogens is 1. The van der Waals surface area contributed by atoms with Crippen molar-refractivity contribution in [3.8, 4) is 10.6 Å². The Labute approximate surface area is 175 Å². The number of thiazole rings is 1. The van der Waals surface area contributed by atoms with E-state index < -0.39 is 11.7 Å². The van der Waals surface area contributed by atoms with Crippen LogP contribution in [0.15, 0.2) is 47.4 Å². The van der Waals surface area contributed by atoms with E-state index in [4.69, 9.17) is 0 Å². The maximum atomic E-state index is 12.7. The van der Waals surface area contributed by atoms with Crippen LogP contribution in [-0.4, -0.2) is 11.5 Å². The lowest BCUT2D eigenvalue weighted by molar-refractivity contribution is -0.864. The SMILES string of the molecule is Cc1nc(-c2ccc(C(F)(F)F)cc2)sc1CSc1ccc2c(c1)CC[NH+]([O-])C2. The van der Waals surface area contributed by atoms with Crippen molar-refractivity contribution in [2.24, 2.45) is 0 Å². The molecule has 0 bridgehead atoms. The third kappa shape index (κ3) is 4.66. The van der Waals surface area contributed by atoms with Crippen molar-refractivity contribution in [3.05, 3.63) is 74.9 Å². The van der Waals surface area contributed by atoms with Gasteiger partial charge in [0.05, 0.1) is 17.8 Å². The first-order valence-electron chi connectivity index (χ1n) is 9.20. The van der Waals surface area contributed by atoms with Crippen molar-refractivity contribution >= 4 is 23.1 Å². The summed E-state index contributed by atoms with van der Waals surface area (Å²) in [7, 11) is 0. The second kappa shape index (κ2) is 8.10. The van der Waals surface area contributed by atoms with Crippen LogP contribution >= 0.6 is 23.1 Å². The molecule has 1 unspecified atom stereocenters. The van der Waals surface area contributed by atoms with Crippen molar-refractivity contribution in [2.45, 2.75) is 36.7 Å². The van der Waals surface area contributed by atoms with Gasteiger partial charge in [0, 0.05) is 33.1 Å². The van der Waals surface area contributed by atoms with Gasteiger partial charge in [0.15, 0.2) is 0 Å². The number of fused-ring (bicyclic) bond motifs is 1. The lowest BCUT2D eigenvalue weighted by atomic mass is 10.0. The molecule has 2 heterocycles. The fraction of sp³-hybridized carbons (Fsp3) is 0.286. The highest BCUT2D eigenvalue weighted by Crippen LogP contribution is 2.35. The van der Waals surface area contributed by atoms with Crippen LogP contribution in [-0.2, 0) is 24.9 Å². The minimum absolute atomic E-state index is 0.300. The summed E-state index contributed by atoms with van der Waals surface area (Å²) in [6.45, 7) is 3.08. The molecule has 0 saturated carbocycles. The molecule has 0 fully saturated rings. The van der Waals surface area contributed by atoms with Crippen molar-refractivity contribution in [3.63, 3.8) is 0 Å². The highest BCUT2D eigenvalue weighted by molar-refractivity contribution is 7.98. The van der Waals surface area contributed by atoms with Crippen LogP contribution in [0.1, 0.15) is 27.3 Å². The smallest absolute Gasteiger partial charge is 0.416 e. The summed E-state index contributed by atoms with van der Waals surface area (Å²) in [6.07, 6.45) is -3.53. The quantitative estimate of drug-likeness (QED) is 0.469. The third-order valence-corrected chi connectivity index (χ3v) is 7.37. The molecular formula is C21H19F3N2OS2. The summed E-state index contributed by atoms with van der Waals surface area (Å²) < 4.78 is 38.2. The number of thioether (sulfide) groups is 1. The van der Waals surface area contributed by atoms with Crippen LogP contribution < -0.4 is 5.06 Å². The number of aryl methyl sites for hydroxylation is 1. The van der Waals surface area contributed by atoms with Crippen LogP contribution in [0.3, 0.4) is 0 Å². The molecular weight excluding hydrogens is 417 g/mol. The van der Waals surface area contributed by atoms with E-state index in [1.807, 2.05) is 13.0 Å². The van der Waals surface area contributed by atoms with E-state index in [0.717, 1.165) is 50.3 Å². The van der Waals surface area contributed by atoms with Crippen LogP contribution in [0.4, 0.5) is 13.2 Å². The number of hydrogen-bond acceptors (Lipinski definition) is 4. The molecule has 1 N–H and O–H groups in total. The molecule has 1 atom stereocenters. The highest BCUT2D eigenvalue weighted by Gasteiger charge is 2.30. The van der Waals surface area contributed by atoms with Gasteiger partial charge in [-0.05, 0) is 36.8 Å². The standard InChI is InChI=1S/C21H19F3N2OS2/c1-13-19(12-28-18-7-4-16-11-26(27)9-8-15(16)10-18)29-20(25-13)14-2-5-17(6-3-14)21(22,23)24/h2-7,10,26H,8-9,11-12H2,1H3. The number of alkyl halides is 3. The van der Waals surface area contributed by atoms with Crippen molar-refractivity contribution < 1.29 is 18.2 Å². The molecule has 0 aliphatic carbocycles. The minimum Gasteiger partial charge on any atom is -0.634 e. The molecule has 8 heteroatoms. The molecule has 1 aliphatic heterocycles. The Hall–Kier alpha value is -1.87.